The Morgan fingerprint density at radius 2 is 1.47 bits per heavy atom. The Hall–Kier alpha value is -5.87. The van der Waals surface area contributed by atoms with E-state index in [1.54, 1.807) is 30.6 Å². The summed E-state index contributed by atoms with van der Waals surface area (Å²) in [5.41, 5.74) is 9.64. The van der Waals surface area contributed by atoms with Crippen LogP contribution in [0.15, 0.2) is 116 Å². The zero-order valence-corrected chi connectivity index (χ0v) is 30.7. The number of pyridine rings is 1. The highest BCUT2D eigenvalue weighted by Crippen LogP contribution is 2.44. The number of thiocarbonyl (C=S) groups is 1. The number of esters is 1. The van der Waals surface area contributed by atoms with Gasteiger partial charge in [0.05, 0.1) is 7.11 Å². The van der Waals surface area contributed by atoms with Gasteiger partial charge in [0, 0.05) is 42.4 Å². The second-order valence-corrected chi connectivity index (χ2v) is 13.4. The van der Waals surface area contributed by atoms with Gasteiger partial charge in [-0.25, -0.2) is 9.59 Å². The van der Waals surface area contributed by atoms with Crippen LogP contribution in [0.25, 0.3) is 11.1 Å². The lowest BCUT2D eigenvalue weighted by Gasteiger charge is -2.21. The lowest BCUT2D eigenvalue weighted by atomic mass is 9.98. The number of fused-ring (bicyclic) bond motifs is 3. The van der Waals surface area contributed by atoms with Crippen LogP contribution in [0.5, 0.6) is 0 Å². The molecule has 0 saturated carbocycles. The Kier molecular flexibility index (Phi) is 11.9. The number of aryl methyl sites for hydroxylation is 2. The Morgan fingerprint density at radius 3 is 2.11 bits per heavy atom. The fourth-order valence-electron chi connectivity index (χ4n) is 6.85. The second kappa shape index (κ2) is 17.1. The van der Waals surface area contributed by atoms with Crippen molar-refractivity contribution in [2.45, 2.75) is 51.1 Å². The number of benzene rings is 4. The number of nitrogens with zero attached hydrogens (tertiary/aromatic N) is 1. The monoisotopic (exact) mass is 726 g/mol. The Morgan fingerprint density at radius 1 is 0.792 bits per heavy atom. The quantitative estimate of drug-likeness (QED) is 0.0870. The highest BCUT2D eigenvalue weighted by Gasteiger charge is 2.30. The van der Waals surface area contributed by atoms with Gasteiger partial charge in [-0.15, -0.1) is 0 Å². The average Bonchev–Trinajstić information content (AvgIpc) is 3.50. The van der Waals surface area contributed by atoms with Gasteiger partial charge >= 0.3 is 12.1 Å². The molecule has 10 heteroatoms. The van der Waals surface area contributed by atoms with Crippen molar-refractivity contribution in [2.24, 2.45) is 0 Å². The third-order valence-corrected chi connectivity index (χ3v) is 9.86. The smallest absolute Gasteiger partial charge is 0.407 e. The third-order valence-electron chi connectivity index (χ3n) is 9.53. The van der Waals surface area contributed by atoms with E-state index in [0.717, 1.165) is 56.5 Å². The molecule has 0 aliphatic heterocycles. The van der Waals surface area contributed by atoms with E-state index in [1.807, 2.05) is 67.6 Å². The van der Waals surface area contributed by atoms with Crippen molar-refractivity contribution < 1.29 is 23.9 Å². The van der Waals surface area contributed by atoms with Crippen molar-refractivity contribution >= 4 is 40.9 Å². The van der Waals surface area contributed by atoms with Gasteiger partial charge in [-0.05, 0) is 76.1 Å². The first kappa shape index (κ1) is 36.9. The molecule has 0 fully saturated rings. The average molecular weight is 727 g/mol. The lowest BCUT2D eigenvalue weighted by Crippen LogP contribution is -2.45. The number of nitrogens with one attached hydrogen (secondary N) is 3. The molecule has 6 rings (SSSR count). The van der Waals surface area contributed by atoms with Gasteiger partial charge in [-0.1, -0.05) is 104 Å². The minimum atomic E-state index is -0.946. The number of hydrogen-bond acceptors (Lipinski definition) is 7. The summed E-state index contributed by atoms with van der Waals surface area (Å²) in [4.78, 5) is 44.4. The lowest BCUT2D eigenvalue weighted by molar-refractivity contribution is -0.142. The SMILES string of the molecule is CCc1cccc(C)c1C(=S)NC(Cc1ccc(NC(=O)C(Cc2cccnc2)NC(=O)OCC2c3ccccc3-c3ccccc32)cc1)C(=O)OC. The summed E-state index contributed by atoms with van der Waals surface area (Å²) < 4.78 is 10.9. The zero-order valence-electron chi connectivity index (χ0n) is 29.9. The summed E-state index contributed by atoms with van der Waals surface area (Å²) in [6, 6.07) is 31.4. The molecule has 1 aliphatic carbocycles. The highest BCUT2D eigenvalue weighted by atomic mass is 32.1. The summed E-state index contributed by atoms with van der Waals surface area (Å²) in [6.45, 7) is 4.19. The van der Waals surface area contributed by atoms with Gasteiger partial charge in [0.25, 0.3) is 0 Å². The van der Waals surface area contributed by atoms with Crippen LogP contribution in [-0.2, 0) is 38.3 Å². The van der Waals surface area contributed by atoms with Crippen LogP contribution in [0.2, 0.25) is 0 Å². The van der Waals surface area contributed by atoms with Gasteiger partial charge in [0.1, 0.15) is 23.7 Å². The maximum atomic E-state index is 13.7. The number of ether oxygens (including phenoxy) is 2. The van der Waals surface area contributed by atoms with E-state index in [9.17, 15) is 14.4 Å². The molecular formula is C43H42N4O5S. The number of carbonyl (C=O) groups excluding carboxylic acids is 3. The molecule has 53 heavy (non-hydrogen) atoms. The fraction of sp³-hybridized carbons (Fsp3) is 0.233. The number of rotatable bonds is 13. The molecule has 1 aromatic heterocycles. The standard InChI is InChI=1S/C43H42N4O5S/c1-4-30-13-9-11-27(2)39(30)41(53)46-38(42(49)51-3)23-28-18-20-31(21-19-28)45-40(48)37(24-29-12-10-22-44-25-29)47-43(50)52-26-36-34-16-7-5-14-32(34)33-15-6-8-17-35(33)36/h5-22,25,36-38H,4,23-24,26H2,1-3H3,(H,45,48)(H,46,53)(H,47,50). The van der Waals surface area contributed by atoms with Gasteiger partial charge in [0.15, 0.2) is 0 Å². The zero-order chi connectivity index (χ0) is 37.3. The molecule has 270 valence electrons. The van der Waals surface area contributed by atoms with Crippen LogP contribution >= 0.6 is 12.2 Å². The Balaban J connectivity index is 1.11. The van der Waals surface area contributed by atoms with Crippen LogP contribution < -0.4 is 16.0 Å². The molecule has 0 radical (unpaired) electrons. The Bertz CT molecular complexity index is 2060. The van der Waals surface area contributed by atoms with E-state index < -0.39 is 30.1 Å². The molecule has 0 spiro atoms. The van der Waals surface area contributed by atoms with Crippen molar-refractivity contribution in [3.05, 3.63) is 154 Å². The molecule has 0 saturated heterocycles. The molecule has 5 aromatic rings. The fourth-order valence-corrected chi connectivity index (χ4v) is 7.28. The largest absolute Gasteiger partial charge is 0.467 e. The van der Waals surface area contributed by atoms with Gasteiger partial charge in [-0.3, -0.25) is 9.78 Å². The van der Waals surface area contributed by atoms with Gasteiger partial charge < -0.3 is 25.4 Å². The van der Waals surface area contributed by atoms with E-state index in [4.69, 9.17) is 21.7 Å². The van der Waals surface area contributed by atoms with Crippen LogP contribution in [0.1, 0.15) is 51.8 Å². The van der Waals surface area contributed by atoms with Crippen LogP contribution in [0.3, 0.4) is 0 Å². The summed E-state index contributed by atoms with van der Waals surface area (Å²) in [5, 5.41) is 8.92. The predicted molar refractivity (Wildman–Crippen MR) is 210 cm³/mol. The van der Waals surface area contributed by atoms with Crippen molar-refractivity contribution in [1.29, 1.82) is 0 Å². The molecular weight excluding hydrogens is 685 g/mol. The number of aromatic nitrogens is 1. The molecule has 4 aromatic carbocycles. The first-order valence-electron chi connectivity index (χ1n) is 17.6. The van der Waals surface area contributed by atoms with Crippen molar-refractivity contribution in [3.63, 3.8) is 0 Å². The number of alkyl carbamates (subject to hydrolysis) is 1. The number of methoxy groups -OCH3 is 1. The molecule has 2 amide bonds. The van der Waals surface area contributed by atoms with Crippen LogP contribution in [-0.4, -0.2) is 53.7 Å². The van der Waals surface area contributed by atoms with Crippen LogP contribution in [0, 0.1) is 6.92 Å². The third kappa shape index (κ3) is 8.78. The molecule has 1 aliphatic rings. The summed E-state index contributed by atoms with van der Waals surface area (Å²) in [7, 11) is 1.35. The molecule has 3 N–H and O–H groups in total. The van der Waals surface area contributed by atoms with E-state index in [2.05, 4.69) is 52.1 Å². The highest BCUT2D eigenvalue weighted by molar-refractivity contribution is 7.80. The van der Waals surface area contributed by atoms with Crippen molar-refractivity contribution in [3.8, 4) is 11.1 Å². The summed E-state index contributed by atoms with van der Waals surface area (Å²) in [6.07, 6.45) is 3.93. The normalized spacial score (nSPS) is 12.8. The predicted octanol–water partition coefficient (Wildman–Crippen LogP) is 7.09. The summed E-state index contributed by atoms with van der Waals surface area (Å²) >= 11 is 5.76. The maximum Gasteiger partial charge on any atom is 0.407 e. The molecule has 2 unspecified atom stereocenters. The number of hydrogen-bond donors (Lipinski definition) is 3. The Labute approximate surface area is 315 Å². The first-order chi connectivity index (χ1) is 25.7. The molecule has 2 atom stereocenters. The number of amides is 2. The second-order valence-electron chi connectivity index (χ2n) is 13.0. The molecule has 0 bridgehead atoms. The number of anilines is 1. The van der Waals surface area contributed by atoms with Crippen molar-refractivity contribution in [2.75, 3.05) is 19.0 Å². The van der Waals surface area contributed by atoms with E-state index >= 15 is 0 Å². The minimum absolute atomic E-state index is 0.113. The van der Waals surface area contributed by atoms with E-state index in [0.29, 0.717) is 17.1 Å². The van der Waals surface area contributed by atoms with Crippen LogP contribution in [0.4, 0.5) is 10.5 Å². The summed E-state index contributed by atoms with van der Waals surface area (Å²) in [5.74, 6) is -0.966. The van der Waals surface area contributed by atoms with Gasteiger partial charge in [0.2, 0.25) is 5.91 Å². The van der Waals surface area contributed by atoms with Gasteiger partial charge in [-0.2, -0.15) is 0 Å². The molecule has 9 nitrogen and oxygen atoms in total. The topological polar surface area (TPSA) is 119 Å². The van der Waals surface area contributed by atoms with E-state index in [-0.39, 0.29) is 18.9 Å². The van der Waals surface area contributed by atoms with Crippen molar-refractivity contribution in [1.82, 2.24) is 15.6 Å². The minimum Gasteiger partial charge on any atom is -0.467 e. The molecule has 1 heterocycles. The van der Waals surface area contributed by atoms with E-state index in [1.165, 1.54) is 7.11 Å². The maximum absolute atomic E-state index is 13.7. The number of carbonyl (C=O) groups is 3. The first-order valence-corrected chi connectivity index (χ1v) is 18.0.